The summed E-state index contributed by atoms with van der Waals surface area (Å²) in [5.74, 6) is 0.202. The van der Waals surface area contributed by atoms with Gasteiger partial charge in [0.1, 0.15) is 5.75 Å². The van der Waals surface area contributed by atoms with Crippen molar-refractivity contribution in [2.45, 2.75) is 38.5 Å². The van der Waals surface area contributed by atoms with E-state index in [1.807, 2.05) is 12.1 Å². The highest BCUT2D eigenvalue weighted by atomic mass is 19.3. The number of rotatable bonds is 4. The maximum Gasteiger partial charge on any atom is 0.387 e. The van der Waals surface area contributed by atoms with Crippen LogP contribution in [0.3, 0.4) is 0 Å². The summed E-state index contributed by atoms with van der Waals surface area (Å²) in [5.41, 5.74) is 6.40. The molecular formula is C23H25F2N3O. The lowest BCUT2D eigenvalue weighted by atomic mass is 9.86. The normalized spacial score (nSPS) is 21.9. The van der Waals surface area contributed by atoms with Crippen molar-refractivity contribution in [3.63, 3.8) is 0 Å². The summed E-state index contributed by atoms with van der Waals surface area (Å²) in [6.45, 7) is 3.09. The number of aryl methyl sites for hydroxylation is 1. The van der Waals surface area contributed by atoms with Crippen molar-refractivity contribution in [1.82, 2.24) is 15.2 Å². The first-order chi connectivity index (χ1) is 14.0. The van der Waals surface area contributed by atoms with Gasteiger partial charge in [-0.1, -0.05) is 30.3 Å². The van der Waals surface area contributed by atoms with Gasteiger partial charge in [0.15, 0.2) is 0 Å². The number of aromatic amines is 1. The van der Waals surface area contributed by atoms with Crippen molar-refractivity contribution >= 4 is 10.9 Å². The molecule has 5 rings (SSSR count). The summed E-state index contributed by atoms with van der Waals surface area (Å²) in [6.07, 6.45) is 2.10. The Balaban J connectivity index is 1.37. The molecule has 29 heavy (non-hydrogen) atoms. The van der Waals surface area contributed by atoms with E-state index in [-0.39, 0.29) is 11.3 Å². The average molecular weight is 397 g/mol. The Hall–Kier alpha value is -2.44. The van der Waals surface area contributed by atoms with Gasteiger partial charge < -0.3 is 15.0 Å². The monoisotopic (exact) mass is 397 g/mol. The van der Waals surface area contributed by atoms with E-state index in [1.54, 1.807) is 12.1 Å². The predicted octanol–water partition coefficient (Wildman–Crippen LogP) is 4.32. The van der Waals surface area contributed by atoms with Crippen LogP contribution in [0.4, 0.5) is 8.78 Å². The third-order valence-corrected chi connectivity index (χ3v) is 6.37. The molecule has 0 aliphatic carbocycles. The molecule has 1 atom stereocenters. The smallest absolute Gasteiger partial charge is 0.387 e. The summed E-state index contributed by atoms with van der Waals surface area (Å²) in [4.78, 5) is 6.18. The first kappa shape index (κ1) is 18.6. The van der Waals surface area contributed by atoms with E-state index in [4.69, 9.17) is 0 Å². The number of H-pyrrole nitrogens is 1. The number of nitrogens with zero attached hydrogens (tertiary/aromatic N) is 1. The van der Waals surface area contributed by atoms with Crippen LogP contribution < -0.4 is 10.1 Å². The highest BCUT2D eigenvalue weighted by molar-refractivity contribution is 5.88. The Morgan fingerprint density at radius 3 is 2.79 bits per heavy atom. The number of hydrogen-bond donors (Lipinski definition) is 2. The number of fused-ring (bicyclic) bond motifs is 4. The van der Waals surface area contributed by atoms with Crippen LogP contribution in [0, 0.1) is 6.92 Å². The lowest BCUT2D eigenvalue weighted by Crippen LogP contribution is -2.49. The summed E-state index contributed by atoms with van der Waals surface area (Å²) in [7, 11) is 0. The van der Waals surface area contributed by atoms with E-state index in [0.717, 1.165) is 44.6 Å². The van der Waals surface area contributed by atoms with Gasteiger partial charge in [0.05, 0.1) is 5.54 Å². The van der Waals surface area contributed by atoms with Crippen molar-refractivity contribution in [3.05, 3.63) is 64.8 Å². The number of para-hydroxylation sites is 1. The first-order valence-electron chi connectivity index (χ1n) is 10.2. The lowest BCUT2D eigenvalue weighted by Gasteiger charge is -2.35. The summed E-state index contributed by atoms with van der Waals surface area (Å²) in [5, 5.41) is 5.16. The number of alkyl halides is 2. The van der Waals surface area contributed by atoms with Crippen LogP contribution in [0.2, 0.25) is 0 Å². The Bertz CT molecular complexity index is 1030. The second-order valence-electron chi connectivity index (χ2n) is 8.22. The molecule has 0 saturated carbocycles. The number of ether oxygens (including phenoxy) is 1. The van der Waals surface area contributed by atoms with Crippen LogP contribution in [-0.4, -0.2) is 36.1 Å². The highest BCUT2D eigenvalue weighted by Crippen LogP contribution is 2.40. The van der Waals surface area contributed by atoms with E-state index in [9.17, 15) is 8.78 Å². The molecule has 2 N–H and O–H groups in total. The van der Waals surface area contributed by atoms with Crippen LogP contribution in [0.5, 0.6) is 5.75 Å². The molecular weight excluding hydrogens is 372 g/mol. The number of halogens is 2. The lowest BCUT2D eigenvalue weighted by molar-refractivity contribution is -0.0498. The fourth-order valence-corrected chi connectivity index (χ4v) is 5.01. The molecule has 1 saturated heterocycles. The zero-order chi connectivity index (χ0) is 20.0. The van der Waals surface area contributed by atoms with E-state index < -0.39 is 6.61 Å². The van der Waals surface area contributed by atoms with Crippen LogP contribution in [0.15, 0.2) is 42.5 Å². The zero-order valence-corrected chi connectivity index (χ0v) is 16.5. The van der Waals surface area contributed by atoms with Crippen LogP contribution in [0.25, 0.3) is 10.9 Å². The van der Waals surface area contributed by atoms with E-state index in [1.165, 1.54) is 27.7 Å². The molecule has 6 heteroatoms. The molecule has 1 fully saturated rings. The molecule has 0 bridgehead atoms. The molecule has 0 amide bonds. The van der Waals surface area contributed by atoms with E-state index in [2.05, 4.69) is 45.1 Å². The molecule has 2 aliphatic heterocycles. The molecule has 4 nitrogen and oxygen atoms in total. The second kappa shape index (κ2) is 7.11. The number of aromatic nitrogens is 1. The average Bonchev–Trinajstić information content (AvgIpc) is 3.27. The molecule has 1 unspecified atom stereocenters. The van der Waals surface area contributed by atoms with Gasteiger partial charge in [0.25, 0.3) is 0 Å². The van der Waals surface area contributed by atoms with Crippen LogP contribution in [0.1, 0.15) is 28.8 Å². The van der Waals surface area contributed by atoms with Crippen molar-refractivity contribution in [3.8, 4) is 5.75 Å². The van der Waals surface area contributed by atoms with Crippen LogP contribution in [-0.2, 0) is 18.5 Å². The molecule has 152 valence electrons. The van der Waals surface area contributed by atoms with Gasteiger partial charge in [0, 0.05) is 42.8 Å². The maximum atomic E-state index is 12.3. The van der Waals surface area contributed by atoms with Crippen molar-refractivity contribution in [2.75, 3.05) is 19.6 Å². The van der Waals surface area contributed by atoms with Gasteiger partial charge in [-0.05, 0) is 48.6 Å². The van der Waals surface area contributed by atoms with Crippen molar-refractivity contribution in [1.29, 1.82) is 0 Å². The van der Waals surface area contributed by atoms with Gasteiger partial charge in [-0.3, -0.25) is 4.90 Å². The standard InChI is InChI=1S/C23H25F2N3O/c1-15-3-2-4-18-19-9-11-26-23(21(19)27-20(15)18)10-12-28(14-23)13-16-5-7-17(8-6-16)29-22(24)25/h2-8,22,26-27H,9-14H2,1H3. The largest absolute Gasteiger partial charge is 0.435 e. The minimum Gasteiger partial charge on any atom is -0.435 e. The third kappa shape index (κ3) is 3.30. The van der Waals surface area contributed by atoms with Gasteiger partial charge in [-0.15, -0.1) is 0 Å². The zero-order valence-electron chi connectivity index (χ0n) is 16.5. The maximum absolute atomic E-state index is 12.3. The number of likely N-dealkylation sites (tertiary alicyclic amines) is 1. The van der Waals surface area contributed by atoms with Gasteiger partial charge in [-0.2, -0.15) is 8.78 Å². The SMILES string of the molecule is Cc1cccc2c3c([nH]c12)C1(CCN(Cc2ccc(OC(F)F)cc2)C1)NCC3. The quantitative estimate of drug-likeness (QED) is 0.689. The van der Waals surface area contributed by atoms with E-state index >= 15 is 0 Å². The first-order valence-corrected chi connectivity index (χ1v) is 10.2. The Labute approximate surface area is 168 Å². The molecule has 2 aliphatic rings. The minimum atomic E-state index is -2.79. The number of nitrogens with one attached hydrogen (secondary N) is 2. The molecule has 1 aromatic heterocycles. The fourth-order valence-electron chi connectivity index (χ4n) is 5.01. The summed E-state index contributed by atoms with van der Waals surface area (Å²) in [6, 6.07) is 13.5. The minimum absolute atomic E-state index is 0.0439. The highest BCUT2D eigenvalue weighted by Gasteiger charge is 2.44. The Morgan fingerprint density at radius 1 is 1.17 bits per heavy atom. The molecule has 3 heterocycles. The third-order valence-electron chi connectivity index (χ3n) is 6.37. The molecule has 2 aromatic carbocycles. The fraction of sp³-hybridized carbons (Fsp3) is 0.391. The van der Waals surface area contributed by atoms with Gasteiger partial charge in [-0.25, -0.2) is 0 Å². The van der Waals surface area contributed by atoms with Gasteiger partial charge >= 0.3 is 6.61 Å². The summed E-state index contributed by atoms with van der Waals surface area (Å²) >= 11 is 0. The molecule has 0 radical (unpaired) electrons. The van der Waals surface area contributed by atoms with Crippen molar-refractivity contribution < 1.29 is 13.5 Å². The molecule has 3 aromatic rings. The Morgan fingerprint density at radius 2 is 2.00 bits per heavy atom. The topological polar surface area (TPSA) is 40.3 Å². The predicted molar refractivity (Wildman–Crippen MR) is 109 cm³/mol. The van der Waals surface area contributed by atoms with Crippen molar-refractivity contribution in [2.24, 2.45) is 0 Å². The van der Waals surface area contributed by atoms with Crippen LogP contribution >= 0.6 is 0 Å². The number of benzene rings is 2. The number of hydrogen-bond acceptors (Lipinski definition) is 3. The molecule has 1 spiro atoms. The second-order valence-corrected chi connectivity index (χ2v) is 8.22. The van der Waals surface area contributed by atoms with E-state index in [0.29, 0.717) is 0 Å². The summed E-state index contributed by atoms with van der Waals surface area (Å²) < 4.78 is 29.1. The Kier molecular flexibility index (Phi) is 4.56. The van der Waals surface area contributed by atoms with Gasteiger partial charge in [0.2, 0.25) is 0 Å².